The SMILES string of the molecule is CC(C)(CNc1cc(NN)ncn1)NS(C)(=O)=O. The van der Waals surface area contributed by atoms with Crippen molar-refractivity contribution in [3.8, 4) is 0 Å². The van der Waals surface area contributed by atoms with Crippen LogP contribution in [0.1, 0.15) is 13.8 Å². The molecule has 9 heteroatoms. The fourth-order valence-electron chi connectivity index (χ4n) is 1.38. The molecule has 0 aromatic carbocycles. The first-order chi connectivity index (χ1) is 8.22. The van der Waals surface area contributed by atoms with E-state index in [1.54, 1.807) is 19.9 Å². The highest BCUT2D eigenvalue weighted by molar-refractivity contribution is 7.88. The van der Waals surface area contributed by atoms with Gasteiger partial charge in [-0.15, -0.1) is 0 Å². The Morgan fingerprint density at radius 3 is 2.50 bits per heavy atom. The molecule has 0 unspecified atom stereocenters. The van der Waals surface area contributed by atoms with E-state index in [0.29, 0.717) is 18.2 Å². The molecule has 1 heterocycles. The van der Waals surface area contributed by atoms with E-state index in [2.05, 4.69) is 25.4 Å². The Morgan fingerprint density at radius 1 is 1.33 bits per heavy atom. The minimum Gasteiger partial charge on any atom is -0.368 e. The summed E-state index contributed by atoms with van der Waals surface area (Å²) in [5, 5.41) is 3.01. The van der Waals surface area contributed by atoms with E-state index in [-0.39, 0.29) is 0 Å². The number of hydrogen-bond acceptors (Lipinski definition) is 7. The van der Waals surface area contributed by atoms with Crippen molar-refractivity contribution in [1.29, 1.82) is 0 Å². The molecule has 8 nitrogen and oxygen atoms in total. The number of hydrazine groups is 1. The van der Waals surface area contributed by atoms with Crippen LogP contribution in [0.2, 0.25) is 0 Å². The van der Waals surface area contributed by atoms with Crippen LogP contribution < -0.4 is 21.3 Å². The Bertz CT molecular complexity index is 502. The monoisotopic (exact) mass is 274 g/mol. The molecule has 0 fully saturated rings. The number of nitrogens with two attached hydrogens (primary N) is 1. The molecule has 0 bridgehead atoms. The van der Waals surface area contributed by atoms with Crippen LogP contribution in [-0.4, -0.2) is 36.7 Å². The molecule has 1 aromatic rings. The molecule has 1 aromatic heterocycles. The van der Waals surface area contributed by atoms with Gasteiger partial charge >= 0.3 is 0 Å². The van der Waals surface area contributed by atoms with Crippen molar-refractivity contribution in [2.45, 2.75) is 19.4 Å². The first kappa shape index (κ1) is 14.6. The molecular formula is C9H18N6O2S. The van der Waals surface area contributed by atoms with Gasteiger partial charge in [-0.1, -0.05) is 0 Å². The summed E-state index contributed by atoms with van der Waals surface area (Å²) in [6.45, 7) is 3.91. The first-order valence-electron chi connectivity index (χ1n) is 5.23. The lowest BCUT2D eigenvalue weighted by molar-refractivity contribution is 0.476. The second kappa shape index (κ2) is 5.46. The topological polar surface area (TPSA) is 122 Å². The maximum absolute atomic E-state index is 11.2. The smallest absolute Gasteiger partial charge is 0.209 e. The van der Waals surface area contributed by atoms with Gasteiger partial charge in [-0.3, -0.25) is 0 Å². The maximum Gasteiger partial charge on any atom is 0.209 e. The molecule has 0 aliphatic carbocycles. The van der Waals surface area contributed by atoms with Crippen molar-refractivity contribution in [3.05, 3.63) is 12.4 Å². The van der Waals surface area contributed by atoms with E-state index in [4.69, 9.17) is 5.84 Å². The molecule has 0 aliphatic heterocycles. The number of aromatic nitrogens is 2. The lowest BCUT2D eigenvalue weighted by Crippen LogP contribution is -2.47. The van der Waals surface area contributed by atoms with Gasteiger partial charge in [-0.05, 0) is 13.8 Å². The fraction of sp³-hybridized carbons (Fsp3) is 0.556. The molecule has 0 radical (unpaired) electrons. The second-order valence-electron chi connectivity index (χ2n) is 4.54. The molecule has 0 amide bonds. The van der Waals surface area contributed by atoms with E-state index < -0.39 is 15.6 Å². The Balaban J connectivity index is 2.63. The third-order valence-electron chi connectivity index (χ3n) is 1.99. The number of sulfonamides is 1. The van der Waals surface area contributed by atoms with Gasteiger partial charge in [0, 0.05) is 18.2 Å². The summed E-state index contributed by atoms with van der Waals surface area (Å²) in [6.07, 6.45) is 2.48. The number of hydrogen-bond donors (Lipinski definition) is 4. The standard InChI is InChI=1S/C9H18N6O2S/c1-9(2,15-18(3,16)17)5-11-7-4-8(14-10)13-6-12-7/h4,6,15H,5,10H2,1-3H3,(H2,11,12,13,14). The van der Waals surface area contributed by atoms with Crippen molar-refractivity contribution in [2.24, 2.45) is 5.84 Å². The summed E-state index contributed by atoms with van der Waals surface area (Å²) in [4.78, 5) is 7.85. The van der Waals surface area contributed by atoms with Crippen LogP contribution in [0.3, 0.4) is 0 Å². The Morgan fingerprint density at radius 2 is 1.94 bits per heavy atom. The molecule has 5 N–H and O–H groups in total. The Labute approximate surface area is 106 Å². The van der Waals surface area contributed by atoms with Gasteiger partial charge in [-0.25, -0.2) is 29.0 Å². The van der Waals surface area contributed by atoms with Crippen molar-refractivity contribution < 1.29 is 8.42 Å². The molecule has 102 valence electrons. The fourth-order valence-corrected chi connectivity index (χ4v) is 2.46. The molecule has 0 saturated heterocycles. The number of nitrogens with zero attached hydrogens (tertiary/aromatic N) is 2. The summed E-state index contributed by atoms with van der Waals surface area (Å²) in [6, 6.07) is 1.62. The van der Waals surface area contributed by atoms with Crippen LogP contribution in [0.25, 0.3) is 0 Å². The highest BCUT2D eigenvalue weighted by Gasteiger charge is 2.21. The lowest BCUT2D eigenvalue weighted by Gasteiger charge is -2.25. The molecular weight excluding hydrogens is 256 g/mol. The molecule has 0 saturated carbocycles. The van der Waals surface area contributed by atoms with Crippen molar-refractivity contribution in [3.63, 3.8) is 0 Å². The number of rotatable bonds is 6. The van der Waals surface area contributed by atoms with Gasteiger partial charge < -0.3 is 10.7 Å². The van der Waals surface area contributed by atoms with Gasteiger partial charge in [0.05, 0.1) is 6.26 Å². The molecule has 0 spiro atoms. The zero-order valence-corrected chi connectivity index (χ0v) is 11.4. The minimum atomic E-state index is -3.25. The molecule has 1 rings (SSSR count). The summed E-state index contributed by atoms with van der Waals surface area (Å²) >= 11 is 0. The average Bonchev–Trinajstić information content (AvgIpc) is 2.24. The van der Waals surface area contributed by atoms with Crippen molar-refractivity contribution in [2.75, 3.05) is 23.5 Å². The lowest BCUT2D eigenvalue weighted by atomic mass is 10.1. The highest BCUT2D eigenvalue weighted by atomic mass is 32.2. The predicted octanol–water partition coefficient (Wildman–Crippen LogP) is -0.498. The van der Waals surface area contributed by atoms with Crippen LogP contribution in [0.4, 0.5) is 11.6 Å². The Hall–Kier alpha value is -1.45. The van der Waals surface area contributed by atoms with Crippen LogP contribution in [0, 0.1) is 0 Å². The van der Waals surface area contributed by atoms with E-state index in [1.807, 2.05) is 0 Å². The molecule has 0 aliphatic rings. The summed E-state index contributed by atoms with van der Waals surface area (Å²) in [7, 11) is -3.25. The number of anilines is 2. The van der Waals surface area contributed by atoms with Gasteiger partial charge in [-0.2, -0.15) is 0 Å². The number of nitrogen functional groups attached to an aromatic ring is 1. The maximum atomic E-state index is 11.2. The zero-order valence-electron chi connectivity index (χ0n) is 10.6. The quantitative estimate of drug-likeness (QED) is 0.407. The van der Waals surface area contributed by atoms with Gasteiger partial charge in [0.25, 0.3) is 0 Å². The van der Waals surface area contributed by atoms with E-state index >= 15 is 0 Å². The van der Waals surface area contributed by atoms with Gasteiger partial charge in [0.15, 0.2) is 0 Å². The minimum absolute atomic E-state index is 0.376. The van der Waals surface area contributed by atoms with Crippen LogP contribution in [-0.2, 0) is 10.0 Å². The third kappa shape index (κ3) is 5.25. The van der Waals surface area contributed by atoms with Crippen molar-refractivity contribution >= 4 is 21.7 Å². The zero-order chi connectivity index (χ0) is 13.8. The summed E-state index contributed by atoms with van der Waals surface area (Å²) in [5.41, 5.74) is 1.77. The van der Waals surface area contributed by atoms with E-state index in [9.17, 15) is 8.42 Å². The molecule has 0 atom stereocenters. The second-order valence-corrected chi connectivity index (χ2v) is 6.29. The Kier molecular flexibility index (Phi) is 4.43. The van der Waals surface area contributed by atoms with Crippen LogP contribution in [0.5, 0.6) is 0 Å². The predicted molar refractivity (Wildman–Crippen MR) is 70.4 cm³/mol. The molecule has 18 heavy (non-hydrogen) atoms. The number of nitrogens with one attached hydrogen (secondary N) is 3. The van der Waals surface area contributed by atoms with Gasteiger partial charge in [0.2, 0.25) is 10.0 Å². The normalized spacial score (nSPS) is 12.2. The first-order valence-corrected chi connectivity index (χ1v) is 7.12. The van der Waals surface area contributed by atoms with E-state index in [1.165, 1.54) is 6.33 Å². The highest BCUT2D eigenvalue weighted by Crippen LogP contribution is 2.10. The summed E-state index contributed by atoms with van der Waals surface area (Å²) in [5.74, 6) is 6.25. The van der Waals surface area contributed by atoms with Crippen LogP contribution in [0.15, 0.2) is 12.4 Å². The largest absolute Gasteiger partial charge is 0.368 e. The average molecular weight is 274 g/mol. The van der Waals surface area contributed by atoms with Gasteiger partial charge in [0.1, 0.15) is 18.0 Å². The van der Waals surface area contributed by atoms with Crippen LogP contribution >= 0.6 is 0 Å². The van der Waals surface area contributed by atoms with Crippen molar-refractivity contribution in [1.82, 2.24) is 14.7 Å². The van der Waals surface area contributed by atoms with E-state index in [0.717, 1.165) is 6.26 Å². The third-order valence-corrected chi connectivity index (χ3v) is 2.91. The summed E-state index contributed by atoms with van der Waals surface area (Å²) < 4.78 is 24.9.